The molecule has 0 heterocycles. The van der Waals surface area contributed by atoms with E-state index in [2.05, 4.69) is 16.8 Å². The summed E-state index contributed by atoms with van der Waals surface area (Å²) in [6.45, 7) is 6.05. The molecule has 0 aliphatic heterocycles. The van der Waals surface area contributed by atoms with Gasteiger partial charge in [-0.15, -0.1) is 0 Å². The van der Waals surface area contributed by atoms with Gasteiger partial charge in [0, 0.05) is 22.9 Å². The van der Waals surface area contributed by atoms with Gasteiger partial charge in [0.2, 0.25) is 0 Å². The van der Waals surface area contributed by atoms with Crippen LogP contribution in [0.1, 0.15) is 37.5 Å². The van der Waals surface area contributed by atoms with Gasteiger partial charge < -0.3 is 0 Å². The number of rotatable bonds is 1. The summed E-state index contributed by atoms with van der Waals surface area (Å²) >= 11 is 0. The molecule has 0 unspecified atom stereocenters. The molecule has 0 spiro atoms. The Balaban J connectivity index is 2.37. The average Bonchev–Trinajstić information content (AvgIpc) is 2.44. The van der Waals surface area contributed by atoms with E-state index in [0.29, 0.717) is 5.56 Å². The third kappa shape index (κ3) is 4.89. The monoisotopic (exact) mass is 279 g/mol. The summed E-state index contributed by atoms with van der Waals surface area (Å²) in [4.78, 5) is 4.46. The van der Waals surface area contributed by atoms with Crippen molar-refractivity contribution in [2.45, 2.75) is 26.3 Å². The van der Waals surface area contributed by atoms with Crippen molar-refractivity contribution in [1.29, 1.82) is 0 Å². The summed E-state index contributed by atoms with van der Waals surface area (Å²) in [6, 6.07) is 14.2. The Kier molecular flexibility index (Phi) is 4.55. The summed E-state index contributed by atoms with van der Waals surface area (Å²) in [5.74, 6) is 5.78. The van der Waals surface area contributed by atoms with Crippen LogP contribution in [0.3, 0.4) is 0 Å². The highest BCUT2D eigenvalue weighted by atomic mass is 19.1. The quantitative estimate of drug-likeness (QED) is 0.540. The van der Waals surface area contributed by atoms with Gasteiger partial charge in [-0.3, -0.25) is 4.99 Å². The van der Waals surface area contributed by atoms with Crippen LogP contribution < -0.4 is 0 Å². The van der Waals surface area contributed by atoms with Crippen molar-refractivity contribution in [2.24, 2.45) is 4.99 Å². The molecule has 106 valence electrons. The number of hydrogen-bond donors (Lipinski definition) is 0. The largest absolute Gasteiger partial charge is 0.287 e. The van der Waals surface area contributed by atoms with E-state index in [-0.39, 0.29) is 11.4 Å². The van der Waals surface area contributed by atoms with E-state index in [1.54, 1.807) is 12.3 Å². The predicted molar refractivity (Wildman–Crippen MR) is 86.2 cm³/mol. The third-order valence-electron chi connectivity index (χ3n) is 2.72. The van der Waals surface area contributed by atoms with E-state index < -0.39 is 0 Å². The maximum Gasteiger partial charge on any atom is 0.124 e. The minimum atomic E-state index is -0.291. The molecule has 0 fully saturated rings. The molecule has 0 N–H and O–H groups in total. The van der Waals surface area contributed by atoms with E-state index in [1.165, 1.54) is 12.1 Å². The van der Waals surface area contributed by atoms with Gasteiger partial charge in [-0.25, -0.2) is 4.39 Å². The number of nitrogens with zero attached hydrogens (tertiary/aromatic N) is 1. The first kappa shape index (κ1) is 15.0. The van der Waals surface area contributed by atoms with Crippen LogP contribution in [0, 0.1) is 17.7 Å². The lowest BCUT2D eigenvalue weighted by molar-refractivity contribution is 0.586. The number of aliphatic imine (C=N–C) groups is 1. The second-order valence-electron chi connectivity index (χ2n) is 5.78. The lowest BCUT2D eigenvalue weighted by Gasteiger charge is -2.11. The molecule has 2 aromatic rings. The molecule has 0 aliphatic rings. The van der Waals surface area contributed by atoms with E-state index in [1.807, 2.05) is 51.1 Å². The van der Waals surface area contributed by atoms with Crippen LogP contribution >= 0.6 is 0 Å². The minimum absolute atomic E-state index is 0.168. The zero-order valence-corrected chi connectivity index (χ0v) is 12.5. The van der Waals surface area contributed by atoms with Crippen LogP contribution in [0.15, 0.2) is 53.5 Å². The fourth-order valence-corrected chi connectivity index (χ4v) is 1.67. The first-order valence-electron chi connectivity index (χ1n) is 6.86. The van der Waals surface area contributed by atoms with Crippen LogP contribution in [0.2, 0.25) is 0 Å². The van der Waals surface area contributed by atoms with Crippen molar-refractivity contribution in [3.05, 3.63) is 71.0 Å². The molecule has 0 atom stereocenters. The van der Waals surface area contributed by atoms with E-state index in [9.17, 15) is 4.39 Å². The third-order valence-corrected chi connectivity index (χ3v) is 2.72. The highest BCUT2D eigenvalue weighted by Crippen LogP contribution is 2.12. The van der Waals surface area contributed by atoms with Crippen molar-refractivity contribution in [3.63, 3.8) is 0 Å². The maximum absolute atomic E-state index is 13.4. The molecule has 0 amide bonds. The van der Waals surface area contributed by atoms with Gasteiger partial charge >= 0.3 is 0 Å². The van der Waals surface area contributed by atoms with Crippen LogP contribution in [0.25, 0.3) is 0 Å². The Morgan fingerprint density at radius 1 is 1.00 bits per heavy atom. The fourth-order valence-electron chi connectivity index (χ4n) is 1.67. The maximum atomic E-state index is 13.4. The Labute approximate surface area is 125 Å². The molecular formula is C19H18FN. The molecule has 0 aromatic heterocycles. The highest BCUT2D eigenvalue weighted by molar-refractivity contribution is 5.83. The number of hydrogen-bond acceptors (Lipinski definition) is 1. The summed E-state index contributed by atoms with van der Waals surface area (Å²) in [6.07, 6.45) is 1.76. The van der Waals surface area contributed by atoms with Gasteiger partial charge in [-0.2, -0.15) is 0 Å². The van der Waals surface area contributed by atoms with Crippen molar-refractivity contribution >= 4 is 6.21 Å². The summed E-state index contributed by atoms with van der Waals surface area (Å²) in [5, 5.41) is 0. The SMILES string of the molecule is CC(C)(C)N=Cc1ccc(F)cc1C#Cc1ccccc1. The average molecular weight is 279 g/mol. The van der Waals surface area contributed by atoms with Crippen molar-refractivity contribution in [1.82, 2.24) is 0 Å². The lowest BCUT2D eigenvalue weighted by atomic mass is 10.1. The molecule has 0 radical (unpaired) electrons. The topological polar surface area (TPSA) is 12.4 Å². The van der Waals surface area contributed by atoms with Crippen LogP contribution in [0.4, 0.5) is 4.39 Å². The zero-order valence-electron chi connectivity index (χ0n) is 12.5. The van der Waals surface area contributed by atoms with E-state index >= 15 is 0 Å². The van der Waals surface area contributed by atoms with E-state index in [0.717, 1.165) is 11.1 Å². The molecule has 2 rings (SSSR count). The smallest absolute Gasteiger partial charge is 0.124 e. The Bertz CT molecular complexity index is 698. The molecule has 0 bridgehead atoms. The number of benzene rings is 2. The normalized spacial score (nSPS) is 11.2. The molecule has 2 heteroatoms. The van der Waals surface area contributed by atoms with Gasteiger partial charge in [0.05, 0.1) is 5.54 Å². The molecule has 2 aromatic carbocycles. The van der Waals surface area contributed by atoms with Crippen LogP contribution in [-0.4, -0.2) is 11.8 Å². The van der Waals surface area contributed by atoms with Gasteiger partial charge in [0.25, 0.3) is 0 Å². The second kappa shape index (κ2) is 6.37. The molecule has 1 nitrogen and oxygen atoms in total. The summed E-state index contributed by atoms with van der Waals surface area (Å²) in [5.41, 5.74) is 2.21. The first-order valence-corrected chi connectivity index (χ1v) is 6.86. The standard InChI is InChI=1S/C19H18FN/c1-19(2,3)21-14-17-11-12-18(20)13-16(17)10-9-15-7-5-4-6-8-15/h4-8,11-14H,1-3H3. The molecule has 0 saturated carbocycles. The fraction of sp³-hybridized carbons (Fsp3) is 0.211. The van der Waals surface area contributed by atoms with Gasteiger partial charge in [0.15, 0.2) is 0 Å². The predicted octanol–water partition coefficient (Wildman–Crippen LogP) is 4.44. The summed E-state index contributed by atoms with van der Waals surface area (Å²) in [7, 11) is 0. The molecule has 21 heavy (non-hydrogen) atoms. The van der Waals surface area contributed by atoms with Gasteiger partial charge in [-0.1, -0.05) is 30.0 Å². The Morgan fingerprint density at radius 3 is 2.38 bits per heavy atom. The van der Waals surface area contributed by atoms with Crippen molar-refractivity contribution < 1.29 is 4.39 Å². The van der Waals surface area contributed by atoms with Gasteiger partial charge in [0.1, 0.15) is 5.82 Å². The van der Waals surface area contributed by atoms with Crippen molar-refractivity contribution in [2.75, 3.05) is 0 Å². The zero-order chi connectivity index (χ0) is 15.3. The minimum Gasteiger partial charge on any atom is -0.287 e. The molecular weight excluding hydrogens is 261 g/mol. The first-order chi connectivity index (χ1) is 9.94. The van der Waals surface area contributed by atoms with Crippen LogP contribution in [-0.2, 0) is 0 Å². The van der Waals surface area contributed by atoms with Crippen LogP contribution in [0.5, 0.6) is 0 Å². The van der Waals surface area contributed by atoms with Gasteiger partial charge in [-0.05, 0) is 51.1 Å². The number of halogens is 1. The summed E-state index contributed by atoms with van der Waals surface area (Å²) < 4.78 is 13.4. The molecule has 0 aliphatic carbocycles. The Hall–Kier alpha value is -2.40. The highest BCUT2D eigenvalue weighted by Gasteiger charge is 2.06. The molecule has 0 saturated heterocycles. The van der Waals surface area contributed by atoms with E-state index in [4.69, 9.17) is 0 Å². The van der Waals surface area contributed by atoms with Crippen molar-refractivity contribution in [3.8, 4) is 11.8 Å². The lowest BCUT2D eigenvalue weighted by Crippen LogP contribution is -2.10. The Morgan fingerprint density at radius 2 is 1.71 bits per heavy atom. The second-order valence-corrected chi connectivity index (χ2v) is 5.78.